The molecular weight excluding hydrogens is 286 g/mol. The molecule has 4 saturated heterocycles. The fourth-order valence-electron chi connectivity index (χ4n) is 5.07. The predicted octanol–water partition coefficient (Wildman–Crippen LogP) is 3.50. The fourth-order valence-corrected chi connectivity index (χ4v) is 5.07. The van der Waals surface area contributed by atoms with E-state index in [1.807, 2.05) is 6.92 Å². The first-order valence-corrected chi connectivity index (χ1v) is 8.24. The van der Waals surface area contributed by atoms with Crippen LogP contribution >= 0.6 is 0 Å². The Labute approximate surface area is 129 Å². The van der Waals surface area contributed by atoms with Gasteiger partial charge in [0.05, 0.1) is 0 Å². The minimum absolute atomic E-state index is 0.0804. The van der Waals surface area contributed by atoms with E-state index in [0.717, 1.165) is 25.7 Å². The van der Waals surface area contributed by atoms with Crippen LogP contribution in [0.2, 0.25) is 0 Å². The number of ether oxygens (including phenoxy) is 2. The maximum atomic E-state index is 8.82. The van der Waals surface area contributed by atoms with E-state index in [0.29, 0.717) is 11.8 Å². The summed E-state index contributed by atoms with van der Waals surface area (Å²) in [5.74, 6) is 0.398. The first-order chi connectivity index (χ1) is 10.5. The van der Waals surface area contributed by atoms with E-state index in [4.69, 9.17) is 24.8 Å². The van der Waals surface area contributed by atoms with E-state index in [1.54, 1.807) is 0 Å². The van der Waals surface area contributed by atoms with Gasteiger partial charge in [-0.3, -0.25) is 0 Å². The van der Waals surface area contributed by atoms with Crippen molar-refractivity contribution in [1.82, 2.24) is 0 Å². The smallest absolute Gasteiger partial charge is 0.201 e. The summed E-state index contributed by atoms with van der Waals surface area (Å²) >= 11 is 0. The van der Waals surface area contributed by atoms with Crippen molar-refractivity contribution >= 4 is 0 Å². The average molecular weight is 309 g/mol. The Kier molecular flexibility index (Phi) is 3.23. The number of nitrogens with zero attached hydrogens (tertiary/aromatic N) is 3. The molecule has 0 aromatic rings. The van der Waals surface area contributed by atoms with Crippen molar-refractivity contribution in [3.8, 4) is 0 Å². The van der Waals surface area contributed by atoms with Gasteiger partial charge < -0.3 is 9.47 Å². The molecule has 8 atom stereocenters. The number of fused-ring (bicyclic) bond motifs is 2. The van der Waals surface area contributed by atoms with Crippen LogP contribution in [0.15, 0.2) is 5.11 Å². The second-order valence-corrected chi connectivity index (χ2v) is 7.50. The molecule has 122 valence electrons. The van der Waals surface area contributed by atoms with E-state index in [9.17, 15) is 0 Å². The number of hydrogen-bond donors (Lipinski definition) is 0. The van der Waals surface area contributed by atoms with Gasteiger partial charge in [-0.15, -0.1) is 0 Å². The maximum Gasteiger partial charge on any atom is 0.201 e. The largest absolute Gasteiger partial charge is 0.340 e. The average Bonchev–Trinajstić information content (AvgIpc) is 2.71. The van der Waals surface area contributed by atoms with Gasteiger partial charge in [0, 0.05) is 17.3 Å². The van der Waals surface area contributed by atoms with Crippen LogP contribution in [0, 0.1) is 23.7 Å². The molecule has 5 rings (SSSR count). The van der Waals surface area contributed by atoms with Crippen LogP contribution in [-0.4, -0.2) is 23.9 Å². The van der Waals surface area contributed by atoms with Crippen LogP contribution in [0.3, 0.4) is 0 Å². The molecule has 7 heteroatoms. The third-order valence-corrected chi connectivity index (χ3v) is 6.29. The summed E-state index contributed by atoms with van der Waals surface area (Å²) < 4.78 is 12.2. The lowest BCUT2D eigenvalue weighted by atomic mass is 9.58. The van der Waals surface area contributed by atoms with Crippen LogP contribution in [-0.2, 0) is 19.2 Å². The highest BCUT2D eigenvalue weighted by Crippen LogP contribution is 2.60. The van der Waals surface area contributed by atoms with Gasteiger partial charge in [-0.2, -0.15) is 0 Å². The van der Waals surface area contributed by atoms with Crippen molar-refractivity contribution in [1.29, 1.82) is 0 Å². The minimum atomic E-state index is -0.779. The predicted molar refractivity (Wildman–Crippen MR) is 76.0 cm³/mol. The lowest BCUT2D eigenvalue weighted by Gasteiger charge is -2.60. The molecular formula is C15H23N3O4. The molecule has 7 nitrogen and oxygen atoms in total. The lowest BCUT2D eigenvalue weighted by molar-refractivity contribution is -0.570. The standard InChI is InChI=1S/C15H23N3O4/c1-8-4-5-11-9(2)12(17-18-16)19-13-15(11)10(8)6-7-14(3,20-13)21-22-15/h8-13H,4-7H2,1-3H3/t8-,9-,10+,11+,12-,13?,14?,15-/m1/s1. The molecule has 1 spiro atoms. The first-order valence-electron chi connectivity index (χ1n) is 8.24. The highest BCUT2D eigenvalue weighted by atomic mass is 17.3. The zero-order valence-corrected chi connectivity index (χ0v) is 13.3. The van der Waals surface area contributed by atoms with Crippen molar-refractivity contribution < 1.29 is 19.2 Å². The van der Waals surface area contributed by atoms with Crippen molar-refractivity contribution in [2.75, 3.05) is 0 Å². The molecule has 0 amide bonds. The fraction of sp³-hybridized carbons (Fsp3) is 1.00. The minimum Gasteiger partial charge on any atom is -0.340 e. The van der Waals surface area contributed by atoms with Gasteiger partial charge in [0.25, 0.3) is 0 Å². The van der Waals surface area contributed by atoms with E-state index >= 15 is 0 Å². The van der Waals surface area contributed by atoms with Crippen LogP contribution in [0.4, 0.5) is 0 Å². The Bertz CT molecular complexity index is 525. The zero-order chi connectivity index (χ0) is 15.5. The summed E-state index contributed by atoms with van der Waals surface area (Å²) in [6.07, 6.45) is 2.92. The molecule has 2 bridgehead atoms. The summed E-state index contributed by atoms with van der Waals surface area (Å²) in [6, 6.07) is 0. The van der Waals surface area contributed by atoms with Crippen LogP contribution in [0.1, 0.15) is 46.5 Å². The molecule has 5 fully saturated rings. The van der Waals surface area contributed by atoms with E-state index in [2.05, 4.69) is 23.9 Å². The first kappa shape index (κ1) is 14.7. The summed E-state index contributed by atoms with van der Waals surface area (Å²) in [5.41, 5.74) is 8.24. The molecule has 0 radical (unpaired) electrons. The molecule has 2 unspecified atom stereocenters. The number of azide groups is 1. The summed E-state index contributed by atoms with van der Waals surface area (Å²) in [4.78, 5) is 14.7. The third-order valence-electron chi connectivity index (χ3n) is 6.29. The van der Waals surface area contributed by atoms with Crippen LogP contribution in [0.5, 0.6) is 0 Å². The summed E-state index contributed by atoms with van der Waals surface area (Å²) in [6.45, 7) is 6.24. The van der Waals surface area contributed by atoms with Crippen molar-refractivity contribution in [2.45, 2.75) is 70.4 Å². The van der Waals surface area contributed by atoms with Gasteiger partial charge in [0.2, 0.25) is 5.79 Å². The molecule has 5 aliphatic rings. The molecule has 4 aliphatic heterocycles. The van der Waals surface area contributed by atoms with Crippen LogP contribution < -0.4 is 0 Å². The molecule has 22 heavy (non-hydrogen) atoms. The summed E-state index contributed by atoms with van der Waals surface area (Å²) in [7, 11) is 0. The second-order valence-electron chi connectivity index (χ2n) is 7.50. The molecule has 0 aromatic heterocycles. The van der Waals surface area contributed by atoms with Gasteiger partial charge in [-0.05, 0) is 49.5 Å². The maximum absolute atomic E-state index is 8.82. The Morgan fingerprint density at radius 3 is 2.73 bits per heavy atom. The third kappa shape index (κ3) is 1.80. The Morgan fingerprint density at radius 1 is 1.14 bits per heavy atom. The van der Waals surface area contributed by atoms with Gasteiger partial charge >= 0.3 is 0 Å². The lowest BCUT2D eigenvalue weighted by Crippen LogP contribution is -2.70. The SMILES string of the molecule is C[C@H]1[C@H](N=[N+]=[N-])OC2OC3(C)CC[C@H]4[C@H](C)CC[C@@H]1[C@@]24OO3. The molecule has 0 N–H and O–H groups in total. The second kappa shape index (κ2) is 4.82. The topological polar surface area (TPSA) is 85.7 Å². The van der Waals surface area contributed by atoms with E-state index in [-0.39, 0.29) is 11.8 Å². The van der Waals surface area contributed by atoms with Crippen molar-refractivity contribution in [2.24, 2.45) is 28.8 Å². The monoisotopic (exact) mass is 309 g/mol. The van der Waals surface area contributed by atoms with Gasteiger partial charge in [0.15, 0.2) is 11.9 Å². The highest BCUT2D eigenvalue weighted by molar-refractivity contribution is 5.09. The Balaban J connectivity index is 1.80. The summed E-state index contributed by atoms with van der Waals surface area (Å²) in [5, 5.41) is 3.84. The number of hydrogen-bond acceptors (Lipinski definition) is 5. The quantitative estimate of drug-likeness (QED) is 0.321. The van der Waals surface area contributed by atoms with E-state index in [1.165, 1.54) is 0 Å². The molecule has 0 aromatic carbocycles. The Hall–Kier alpha value is -0.850. The van der Waals surface area contributed by atoms with Crippen molar-refractivity contribution in [3.05, 3.63) is 10.4 Å². The van der Waals surface area contributed by atoms with Gasteiger partial charge in [0.1, 0.15) is 6.23 Å². The van der Waals surface area contributed by atoms with Gasteiger partial charge in [-0.1, -0.05) is 19.0 Å². The van der Waals surface area contributed by atoms with Crippen LogP contribution in [0.25, 0.3) is 10.4 Å². The molecule has 4 heterocycles. The number of rotatable bonds is 1. The highest BCUT2D eigenvalue weighted by Gasteiger charge is 2.69. The molecule has 1 saturated carbocycles. The Morgan fingerprint density at radius 2 is 1.95 bits per heavy atom. The molecule has 1 aliphatic carbocycles. The van der Waals surface area contributed by atoms with Gasteiger partial charge in [-0.25, -0.2) is 9.78 Å². The normalized spacial score (nSPS) is 56.7. The van der Waals surface area contributed by atoms with Crippen molar-refractivity contribution in [3.63, 3.8) is 0 Å². The van der Waals surface area contributed by atoms with E-state index < -0.39 is 23.9 Å². The zero-order valence-electron chi connectivity index (χ0n) is 13.3.